The van der Waals surface area contributed by atoms with Crippen molar-refractivity contribution in [2.45, 2.75) is 58.5 Å². The predicted molar refractivity (Wildman–Crippen MR) is 89.8 cm³/mol. The predicted octanol–water partition coefficient (Wildman–Crippen LogP) is 3.01. The monoisotopic (exact) mass is 321 g/mol. The van der Waals surface area contributed by atoms with Gasteiger partial charge in [-0.1, -0.05) is 0 Å². The third kappa shape index (κ3) is 3.07. The van der Waals surface area contributed by atoms with Gasteiger partial charge in [0.15, 0.2) is 6.04 Å². The Morgan fingerprint density at radius 2 is 1.78 bits per heavy atom. The first-order valence-electron chi connectivity index (χ1n) is 8.36. The smallest absolute Gasteiger partial charge is 0.339 e. The lowest BCUT2D eigenvalue weighted by atomic mass is 10.0. The molecule has 0 aromatic carbocycles. The summed E-state index contributed by atoms with van der Waals surface area (Å²) in [5, 5.41) is 0. The number of ether oxygens (including phenoxy) is 1. The van der Waals surface area contributed by atoms with Crippen LogP contribution in [0.1, 0.15) is 64.7 Å². The second kappa shape index (κ2) is 6.48. The molecule has 1 N–H and O–H groups in total. The van der Waals surface area contributed by atoms with E-state index >= 15 is 0 Å². The normalized spacial score (nSPS) is 17.3. The summed E-state index contributed by atoms with van der Waals surface area (Å²) in [6.45, 7) is 5.61. The van der Waals surface area contributed by atoms with Crippen LogP contribution >= 0.6 is 0 Å². The van der Waals surface area contributed by atoms with Crippen LogP contribution in [0.4, 0.5) is 0 Å². The highest BCUT2D eigenvalue weighted by molar-refractivity contribution is 6.03. The third-order valence-electron chi connectivity index (χ3n) is 5.72. The van der Waals surface area contributed by atoms with E-state index in [0.717, 1.165) is 0 Å². The number of carbonyl (C=O) groups excluding carboxylic acids is 2. The van der Waals surface area contributed by atoms with Crippen LogP contribution in [-0.4, -0.2) is 54.5 Å². The molecule has 0 saturated heterocycles. The van der Waals surface area contributed by atoms with E-state index in [2.05, 4.69) is 19.1 Å². The number of likely N-dealkylation sites (N-methyl/N-ethyl adjacent to an activating group) is 1. The molecule has 0 aliphatic heterocycles. The summed E-state index contributed by atoms with van der Waals surface area (Å²) < 4.78 is 5.52. The molecule has 1 aromatic rings. The number of nitrogens with zero attached hydrogens (tertiary/aromatic N) is 1. The first-order valence-corrected chi connectivity index (χ1v) is 8.36. The van der Waals surface area contributed by atoms with E-state index in [0.29, 0.717) is 33.0 Å². The second-order valence-corrected chi connectivity index (χ2v) is 7.22. The van der Waals surface area contributed by atoms with Gasteiger partial charge in [0, 0.05) is 5.69 Å². The molecule has 23 heavy (non-hydrogen) atoms. The Bertz CT molecular complexity index is 610. The zero-order valence-corrected chi connectivity index (χ0v) is 15.2. The van der Waals surface area contributed by atoms with Gasteiger partial charge in [0.25, 0.3) is 0 Å². The molecule has 1 atom stereocenters. The summed E-state index contributed by atoms with van der Waals surface area (Å²) >= 11 is 0. The van der Waals surface area contributed by atoms with Crippen molar-refractivity contribution in [1.29, 1.82) is 0 Å². The van der Waals surface area contributed by atoms with Gasteiger partial charge < -0.3 is 14.2 Å². The molecule has 0 radical (unpaired) electrons. The maximum Gasteiger partial charge on any atom is 0.339 e. The number of hydrogen-bond acceptors (Lipinski definition) is 3. The van der Waals surface area contributed by atoms with Crippen LogP contribution in [-0.2, 0) is 4.74 Å². The zero-order valence-electron chi connectivity index (χ0n) is 15.2. The standard InChI is InChI=1S/C18H28N2O3/c1-11-15(18(22)23-6)12(2)19-16(11)17(21)13(3)20(4,5)14-9-7-8-10-14/h13-14H,7-10H2,1-6H3/p+1/t13-/m1/s1. The summed E-state index contributed by atoms with van der Waals surface area (Å²) in [5.41, 5.74) is 2.41. The van der Waals surface area contributed by atoms with Gasteiger partial charge >= 0.3 is 5.97 Å². The van der Waals surface area contributed by atoms with Gasteiger partial charge in [0.05, 0.1) is 38.5 Å². The van der Waals surface area contributed by atoms with Crippen molar-refractivity contribution in [2.24, 2.45) is 0 Å². The highest BCUT2D eigenvalue weighted by atomic mass is 16.5. The van der Waals surface area contributed by atoms with Crippen molar-refractivity contribution in [3.63, 3.8) is 0 Å². The number of aromatic amines is 1. The Morgan fingerprint density at radius 1 is 1.22 bits per heavy atom. The fourth-order valence-electron chi connectivity index (χ4n) is 3.80. The first-order chi connectivity index (χ1) is 10.7. The Kier molecular flexibility index (Phi) is 4.99. The van der Waals surface area contributed by atoms with Crippen LogP contribution in [0.5, 0.6) is 0 Å². The van der Waals surface area contributed by atoms with Crippen LogP contribution in [0.15, 0.2) is 0 Å². The number of aryl methyl sites for hydroxylation is 1. The van der Waals surface area contributed by atoms with Crippen molar-refractivity contribution < 1.29 is 18.8 Å². The summed E-state index contributed by atoms with van der Waals surface area (Å²) in [6.07, 6.45) is 4.86. The first kappa shape index (κ1) is 17.7. The molecule has 0 bridgehead atoms. The molecule has 1 aliphatic carbocycles. The van der Waals surface area contributed by atoms with E-state index in [1.54, 1.807) is 6.92 Å². The molecule has 0 amide bonds. The average molecular weight is 321 g/mol. The van der Waals surface area contributed by atoms with Crippen LogP contribution in [0.2, 0.25) is 0 Å². The molecule has 1 saturated carbocycles. The molecule has 1 fully saturated rings. The Labute approximate surface area is 138 Å². The van der Waals surface area contributed by atoms with Crippen LogP contribution in [0, 0.1) is 13.8 Å². The maximum absolute atomic E-state index is 13.0. The van der Waals surface area contributed by atoms with E-state index in [1.165, 1.54) is 32.8 Å². The van der Waals surface area contributed by atoms with Crippen molar-refractivity contribution >= 4 is 11.8 Å². The number of quaternary nitrogens is 1. The molecule has 0 spiro atoms. The lowest BCUT2D eigenvalue weighted by Crippen LogP contribution is -2.56. The number of Topliss-reactive ketones (excluding diaryl/α,β-unsaturated/α-hetero) is 1. The fraction of sp³-hybridized carbons (Fsp3) is 0.667. The number of carbonyl (C=O) groups is 2. The lowest BCUT2D eigenvalue weighted by Gasteiger charge is -2.40. The average Bonchev–Trinajstić information content (AvgIpc) is 3.14. The quantitative estimate of drug-likeness (QED) is 0.515. The zero-order chi connectivity index (χ0) is 17.4. The van der Waals surface area contributed by atoms with E-state index in [4.69, 9.17) is 4.74 Å². The Hall–Kier alpha value is -1.62. The van der Waals surface area contributed by atoms with E-state index in [9.17, 15) is 9.59 Å². The van der Waals surface area contributed by atoms with E-state index < -0.39 is 5.97 Å². The molecule has 128 valence electrons. The molecule has 5 nitrogen and oxygen atoms in total. The Balaban J connectivity index is 2.31. The van der Waals surface area contributed by atoms with Crippen molar-refractivity contribution in [3.05, 3.63) is 22.5 Å². The molecule has 1 aliphatic rings. The minimum absolute atomic E-state index is 0.0673. The molecule has 5 heteroatoms. The number of ketones is 1. The SMILES string of the molecule is COC(=O)c1c(C)[nH]c(C(=O)[C@@H](C)[N+](C)(C)C2CCCC2)c1C. The Morgan fingerprint density at radius 3 is 2.30 bits per heavy atom. The highest BCUT2D eigenvalue weighted by Gasteiger charge is 2.40. The van der Waals surface area contributed by atoms with Gasteiger partial charge in [-0.15, -0.1) is 0 Å². The minimum atomic E-state index is -0.396. The number of aromatic nitrogens is 1. The largest absolute Gasteiger partial charge is 0.465 e. The number of methoxy groups -OCH3 is 1. The van der Waals surface area contributed by atoms with Gasteiger partial charge in [-0.2, -0.15) is 0 Å². The second-order valence-electron chi connectivity index (χ2n) is 7.22. The summed E-state index contributed by atoms with van der Waals surface area (Å²) in [5.74, 6) is -0.329. The van der Waals surface area contributed by atoms with Crippen molar-refractivity contribution in [3.8, 4) is 0 Å². The maximum atomic E-state index is 13.0. The summed E-state index contributed by atoms with van der Waals surface area (Å²) in [6, 6.07) is 0.380. The number of esters is 1. The van der Waals surface area contributed by atoms with Crippen molar-refractivity contribution in [1.82, 2.24) is 4.98 Å². The van der Waals surface area contributed by atoms with Crippen molar-refractivity contribution in [2.75, 3.05) is 21.2 Å². The number of hydrogen-bond donors (Lipinski definition) is 1. The van der Waals surface area contributed by atoms with Gasteiger partial charge in [-0.25, -0.2) is 4.79 Å². The summed E-state index contributed by atoms with van der Waals surface area (Å²) in [4.78, 5) is 28.1. The topological polar surface area (TPSA) is 59.2 Å². The molecular weight excluding hydrogens is 292 g/mol. The number of H-pyrrole nitrogens is 1. The lowest BCUT2D eigenvalue weighted by molar-refractivity contribution is -0.927. The highest BCUT2D eigenvalue weighted by Crippen LogP contribution is 2.30. The van der Waals surface area contributed by atoms with Crippen LogP contribution in [0.25, 0.3) is 0 Å². The molecule has 2 rings (SSSR count). The minimum Gasteiger partial charge on any atom is -0.465 e. The van der Waals surface area contributed by atoms with Crippen LogP contribution in [0.3, 0.4) is 0 Å². The molecule has 1 aromatic heterocycles. The van der Waals surface area contributed by atoms with Gasteiger partial charge in [-0.05, 0) is 52.0 Å². The molecule has 0 unspecified atom stereocenters. The molecule has 1 heterocycles. The van der Waals surface area contributed by atoms with Gasteiger partial charge in [0.1, 0.15) is 0 Å². The fourth-order valence-corrected chi connectivity index (χ4v) is 3.80. The van der Waals surface area contributed by atoms with Crippen LogP contribution < -0.4 is 0 Å². The number of rotatable bonds is 5. The van der Waals surface area contributed by atoms with Gasteiger partial charge in [0.2, 0.25) is 5.78 Å². The van der Waals surface area contributed by atoms with E-state index in [1.807, 2.05) is 13.8 Å². The molecular formula is C18H29N2O3+. The summed E-state index contributed by atoms with van der Waals surface area (Å²) in [7, 11) is 5.65. The van der Waals surface area contributed by atoms with Gasteiger partial charge in [-0.3, -0.25) is 4.79 Å². The number of nitrogens with one attached hydrogen (secondary N) is 1. The van der Waals surface area contributed by atoms with E-state index in [-0.39, 0.29) is 11.8 Å². The third-order valence-corrected chi connectivity index (χ3v) is 5.72.